The van der Waals surface area contributed by atoms with Crippen molar-refractivity contribution in [2.24, 2.45) is 0 Å². The van der Waals surface area contributed by atoms with Gasteiger partial charge in [0.15, 0.2) is 18.4 Å². The van der Waals surface area contributed by atoms with E-state index in [0.29, 0.717) is 32.8 Å². The molecule has 42 heavy (non-hydrogen) atoms. The number of benzene rings is 3. The maximum atomic E-state index is 12.2. The predicted octanol–water partition coefficient (Wildman–Crippen LogP) is 6.78. The Morgan fingerprint density at radius 1 is 0.857 bits per heavy atom. The van der Waals surface area contributed by atoms with Crippen LogP contribution in [0.4, 0.5) is 5.69 Å². The predicted molar refractivity (Wildman–Crippen MR) is 164 cm³/mol. The molecule has 0 saturated heterocycles. The molecule has 0 spiro atoms. The number of nitrogens with zero attached hydrogens (tertiary/aromatic N) is 1. The van der Waals surface area contributed by atoms with Crippen LogP contribution < -0.4 is 14.8 Å². The Balaban J connectivity index is 0.000000369. The highest BCUT2D eigenvalue weighted by Crippen LogP contribution is 2.21. The molecule has 1 amide bonds. The molecule has 0 aliphatic carbocycles. The van der Waals surface area contributed by atoms with E-state index in [1.54, 1.807) is 72.8 Å². The number of carboxylic acids is 1. The number of carbonyl (C=O) groups excluding carboxylic acids is 2. The van der Waals surface area contributed by atoms with Crippen LogP contribution in [0.1, 0.15) is 45.0 Å². The molecule has 0 saturated carbocycles. The SMILES string of the molecule is CC(C)(Oc1ccc(Cl)cc1)C(=O)O.CCN(CC)C(C)OC(=O)c1ccc(NC(=O)COc2ccc(Cl)cc2)cc1. The molecule has 226 valence electrons. The summed E-state index contributed by atoms with van der Waals surface area (Å²) < 4.78 is 16.1. The number of halogens is 2. The molecule has 0 heterocycles. The largest absolute Gasteiger partial charge is 0.484 e. The van der Waals surface area contributed by atoms with Crippen molar-refractivity contribution in [3.05, 3.63) is 88.4 Å². The van der Waals surface area contributed by atoms with E-state index in [1.165, 1.54) is 13.8 Å². The Morgan fingerprint density at radius 2 is 1.36 bits per heavy atom. The lowest BCUT2D eigenvalue weighted by Crippen LogP contribution is -2.37. The number of esters is 1. The summed E-state index contributed by atoms with van der Waals surface area (Å²) in [7, 11) is 0. The van der Waals surface area contributed by atoms with Gasteiger partial charge in [0.25, 0.3) is 5.91 Å². The van der Waals surface area contributed by atoms with Gasteiger partial charge in [0.1, 0.15) is 11.5 Å². The van der Waals surface area contributed by atoms with Gasteiger partial charge in [0, 0.05) is 15.7 Å². The van der Waals surface area contributed by atoms with Crippen LogP contribution in [0.3, 0.4) is 0 Å². The maximum Gasteiger partial charge on any atom is 0.347 e. The number of aliphatic carboxylic acids is 1. The molecule has 0 aromatic heterocycles. The number of carbonyl (C=O) groups is 3. The fourth-order valence-corrected chi connectivity index (χ4v) is 3.69. The first kappa shape index (κ1) is 34.4. The number of nitrogens with one attached hydrogen (secondary N) is 1. The van der Waals surface area contributed by atoms with Gasteiger partial charge in [-0.1, -0.05) is 37.0 Å². The summed E-state index contributed by atoms with van der Waals surface area (Å²) in [5, 5.41) is 12.7. The molecule has 11 heteroatoms. The monoisotopic (exact) mass is 618 g/mol. The minimum absolute atomic E-state index is 0.132. The Morgan fingerprint density at radius 3 is 1.83 bits per heavy atom. The Bertz CT molecular complexity index is 1290. The third kappa shape index (κ3) is 11.6. The van der Waals surface area contributed by atoms with Gasteiger partial charge < -0.3 is 24.6 Å². The average molecular weight is 620 g/mol. The van der Waals surface area contributed by atoms with Crippen LogP contribution in [0.15, 0.2) is 72.8 Å². The first-order valence-corrected chi connectivity index (χ1v) is 14.0. The van der Waals surface area contributed by atoms with E-state index in [2.05, 4.69) is 5.32 Å². The summed E-state index contributed by atoms with van der Waals surface area (Å²) in [5.41, 5.74) is -0.235. The number of hydrogen-bond donors (Lipinski definition) is 2. The van der Waals surface area contributed by atoms with Gasteiger partial charge in [-0.15, -0.1) is 0 Å². The second-order valence-corrected chi connectivity index (χ2v) is 10.3. The van der Waals surface area contributed by atoms with Gasteiger partial charge in [0.05, 0.1) is 5.56 Å². The zero-order chi connectivity index (χ0) is 31.3. The molecule has 3 aromatic carbocycles. The maximum absolute atomic E-state index is 12.2. The van der Waals surface area contributed by atoms with Crippen LogP contribution >= 0.6 is 23.2 Å². The zero-order valence-corrected chi connectivity index (χ0v) is 25.7. The highest BCUT2D eigenvalue weighted by atomic mass is 35.5. The van der Waals surface area contributed by atoms with E-state index in [0.717, 1.165) is 13.1 Å². The molecule has 0 bridgehead atoms. The molecule has 0 aliphatic heterocycles. The summed E-state index contributed by atoms with van der Waals surface area (Å²) in [6.45, 7) is 10.3. The van der Waals surface area contributed by atoms with Crippen molar-refractivity contribution < 1.29 is 33.7 Å². The minimum atomic E-state index is -1.23. The summed E-state index contributed by atoms with van der Waals surface area (Å²) in [6.07, 6.45) is -0.299. The number of rotatable bonds is 12. The van der Waals surface area contributed by atoms with E-state index in [4.69, 9.17) is 42.5 Å². The first-order chi connectivity index (χ1) is 19.8. The van der Waals surface area contributed by atoms with Gasteiger partial charge in [-0.25, -0.2) is 9.59 Å². The number of ether oxygens (including phenoxy) is 3. The number of anilines is 1. The van der Waals surface area contributed by atoms with Crippen molar-refractivity contribution in [3.63, 3.8) is 0 Å². The van der Waals surface area contributed by atoms with E-state index >= 15 is 0 Å². The molecule has 0 radical (unpaired) electrons. The molecule has 1 atom stereocenters. The van der Waals surface area contributed by atoms with Crippen molar-refractivity contribution in [1.82, 2.24) is 4.90 Å². The van der Waals surface area contributed by atoms with E-state index < -0.39 is 17.5 Å². The van der Waals surface area contributed by atoms with Gasteiger partial charge >= 0.3 is 11.9 Å². The molecule has 9 nitrogen and oxygen atoms in total. The van der Waals surface area contributed by atoms with Crippen LogP contribution in [-0.2, 0) is 14.3 Å². The van der Waals surface area contributed by atoms with Crippen LogP contribution in [0.2, 0.25) is 10.0 Å². The lowest BCUT2D eigenvalue weighted by molar-refractivity contribution is -0.152. The Kier molecular flexibility index (Phi) is 13.6. The normalized spacial score (nSPS) is 11.5. The summed E-state index contributed by atoms with van der Waals surface area (Å²) >= 11 is 11.5. The lowest BCUT2D eigenvalue weighted by Gasteiger charge is -2.25. The van der Waals surface area contributed by atoms with E-state index in [9.17, 15) is 14.4 Å². The second kappa shape index (κ2) is 16.6. The van der Waals surface area contributed by atoms with Crippen molar-refractivity contribution in [2.75, 3.05) is 25.0 Å². The van der Waals surface area contributed by atoms with Gasteiger partial charge in [-0.3, -0.25) is 9.69 Å². The third-order valence-electron chi connectivity index (χ3n) is 5.89. The van der Waals surface area contributed by atoms with Crippen molar-refractivity contribution in [1.29, 1.82) is 0 Å². The molecular formula is C31H36Cl2N2O7. The molecular weight excluding hydrogens is 583 g/mol. The summed E-state index contributed by atoms with van der Waals surface area (Å²) in [5.74, 6) is -0.669. The molecule has 1 unspecified atom stereocenters. The summed E-state index contributed by atoms with van der Waals surface area (Å²) in [6, 6.07) is 19.9. The van der Waals surface area contributed by atoms with Gasteiger partial charge in [-0.2, -0.15) is 0 Å². The van der Waals surface area contributed by atoms with Gasteiger partial charge in [-0.05, 0) is 107 Å². The highest BCUT2D eigenvalue weighted by molar-refractivity contribution is 6.30. The molecule has 2 N–H and O–H groups in total. The molecule has 0 aliphatic rings. The van der Waals surface area contributed by atoms with Crippen molar-refractivity contribution >= 4 is 46.7 Å². The lowest BCUT2D eigenvalue weighted by atomic mass is 10.1. The highest BCUT2D eigenvalue weighted by Gasteiger charge is 2.29. The van der Waals surface area contributed by atoms with Crippen LogP contribution in [0, 0.1) is 0 Å². The van der Waals surface area contributed by atoms with E-state index in [-0.39, 0.29) is 18.7 Å². The van der Waals surface area contributed by atoms with Gasteiger partial charge in [0.2, 0.25) is 0 Å². The Hall–Kier alpha value is -3.79. The second-order valence-electron chi connectivity index (χ2n) is 9.47. The van der Waals surface area contributed by atoms with E-state index in [1.807, 2.05) is 25.7 Å². The Labute approximate surface area is 256 Å². The third-order valence-corrected chi connectivity index (χ3v) is 6.40. The standard InChI is InChI=1S/C21H25ClN2O4.C10H11ClO3/c1-4-24(5-2)15(3)28-21(26)16-6-10-18(11-7-16)23-20(25)14-27-19-12-8-17(22)9-13-19;1-10(2,9(12)13)14-8-5-3-7(11)4-6-8/h6-13,15H,4-5,14H2,1-3H3,(H,23,25);3-6H,1-2H3,(H,12,13). The molecule has 3 aromatic rings. The number of amides is 1. The minimum Gasteiger partial charge on any atom is -0.484 e. The zero-order valence-electron chi connectivity index (χ0n) is 24.2. The van der Waals surface area contributed by atoms with Crippen LogP contribution in [-0.4, -0.2) is 59.4 Å². The van der Waals surface area contributed by atoms with Crippen LogP contribution in [0.25, 0.3) is 0 Å². The smallest absolute Gasteiger partial charge is 0.347 e. The fraction of sp³-hybridized carbons (Fsp3) is 0.323. The van der Waals surface area contributed by atoms with Crippen molar-refractivity contribution in [3.8, 4) is 11.5 Å². The van der Waals surface area contributed by atoms with Crippen molar-refractivity contribution in [2.45, 2.75) is 46.4 Å². The molecule has 3 rings (SSSR count). The molecule has 0 fully saturated rings. The first-order valence-electron chi connectivity index (χ1n) is 13.3. The summed E-state index contributed by atoms with van der Waals surface area (Å²) in [4.78, 5) is 37.0. The van der Waals surface area contributed by atoms with Crippen LogP contribution in [0.5, 0.6) is 11.5 Å². The fourth-order valence-electron chi connectivity index (χ4n) is 3.44. The quantitative estimate of drug-likeness (QED) is 0.168. The topological polar surface area (TPSA) is 114 Å². The average Bonchev–Trinajstić information content (AvgIpc) is 2.95. The number of hydrogen-bond acceptors (Lipinski definition) is 7. The number of carboxylic acid groups (broad SMARTS) is 1.